The van der Waals surface area contributed by atoms with E-state index < -0.39 is 11.5 Å². The first kappa shape index (κ1) is 15.4. The molecule has 0 aromatic heterocycles. The van der Waals surface area contributed by atoms with Crippen LogP contribution in [0.1, 0.15) is 32.3 Å². The van der Waals surface area contributed by atoms with Gasteiger partial charge in [0.15, 0.2) is 0 Å². The largest absolute Gasteiger partial charge is 0.497 e. The Balaban J connectivity index is 2.19. The third kappa shape index (κ3) is 2.86. The first-order valence-corrected chi connectivity index (χ1v) is 7.06. The van der Waals surface area contributed by atoms with Crippen molar-refractivity contribution < 1.29 is 19.4 Å². The van der Waals surface area contributed by atoms with E-state index in [9.17, 15) is 14.7 Å². The third-order valence-corrected chi connectivity index (χ3v) is 3.91. The fourth-order valence-electron chi connectivity index (χ4n) is 2.88. The van der Waals surface area contributed by atoms with E-state index in [-0.39, 0.29) is 18.2 Å². The van der Waals surface area contributed by atoms with E-state index in [1.54, 1.807) is 7.11 Å². The second-order valence-electron chi connectivity index (χ2n) is 5.94. The number of β-lactam (4-membered cyclic amide) rings is 1. The van der Waals surface area contributed by atoms with Gasteiger partial charge in [-0.2, -0.15) is 0 Å². The predicted molar refractivity (Wildman–Crippen MR) is 78.0 cm³/mol. The predicted octanol–water partition coefficient (Wildman–Crippen LogP) is 2.30. The fraction of sp³-hybridized carbons (Fsp3) is 0.500. The number of amides is 1. The lowest BCUT2D eigenvalue weighted by Gasteiger charge is -2.49. The average Bonchev–Trinajstić information content (AvgIpc) is 2.44. The summed E-state index contributed by atoms with van der Waals surface area (Å²) < 4.78 is 5.09. The van der Waals surface area contributed by atoms with Gasteiger partial charge in [0.2, 0.25) is 5.91 Å². The van der Waals surface area contributed by atoms with Crippen molar-refractivity contribution in [3.8, 4) is 5.75 Å². The molecule has 21 heavy (non-hydrogen) atoms. The van der Waals surface area contributed by atoms with Crippen LogP contribution in [0, 0.1) is 5.92 Å². The molecule has 1 heterocycles. The minimum atomic E-state index is -1.05. The Hall–Kier alpha value is -2.04. The Morgan fingerprint density at radius 3 is 2.43 bits per heavy atom. The Labute approximate surface area is 124 Å². The number of hydrogen-bond acceptors (Lipinski definition) is 3. The van der Waals surface area contributed by atoms with Crippen LogP contribution in [0.25, 0.3) is 0 Å². The number of carboxylic acids is 1. The molecule has 1 N–H and O–H groups in total. The zero-order valence-electron chi connectivity index (χ0n) is 12.6. The summed E-state index contributed by atoms with van der Waals surface area (Å²) in [7, 11) is 1.59. The van der Waals surface area contributed by atoms with Gasteiger partial charge in [-0.1, -0.05) is 26.0 Å². The van der Waals surface area contributed by atoms with Gasteiger partial charge >= 0.3 is 5.97 Å². The van der Waals surface area contributed by atoms with Gasteiger partial charge in [-0.25, -0.2) is 4.79 Å². The van der Waals surface area contributed by atoms with Crippen LogP contribution in [0.3, 0.4) is 0 Å². The van der Waals surface area contributed by atoms with Crippen molar-refractivity contribution >= 4 is 11.9 Å². The van der Waals surface area contributed by atoms with E-state index in [0.717, 1.165) is 11.3 Å². The molecule has 114 valence electrons. The molecule has 0 saturated carbocycles. The first-order valence-electron chi connectivity index (χ1n) is 7.06. The quantitative estimate of drug-likeness (QED) is 0.817. The first-order chi connectivity index (χ1) is 9.89. The van der Waals surface area contributed by atoms with Gasteiger partial charge in [0.05, 0.1) is 13.5 Å². The van der Waals surface area contributed by atoms with Crippen LogP contribution in [0.5, 0.6) is 5.75 Å². The molecular weight excluding hydrogens is 270 g/mol. The molecule has 1 aliphatic heterocycles. The summed E-state index contributed by atoms with van der Waals surface area (Å²) in [4.78, 5) is 25.1. The fourth-order valence-corrected chi connectivity index (χ4v) is 2.88. The Bertz CT molecular complexity index is 538. The summed E-state index contributed by atoms with van der Waals surface area (Å²) in [5.74, 6) is -0.0638. The normalized spacial score (nSPS) is 21.3. The summed E-state index contributed by atoms with van der Waals surface area (Å²) in [5, 5.41) is 9.57. The summed E-state index contributed by atoms with van der Waals surface area (Å²) in [6.07, 6.45) is 0.570. The zero-order chi connectivity index (χ0) is 15.6. The summed E-state index contributed by atoms with van der Waals surface area (Å²) in [6, 6.07) is 7.33. The van der Waals surface area contributed by atoms with Crippen LogP contribution in [0.4, 0.5) is 0 Å². The van der Waals surface area contributed by atoms with E-state index in [1.807, 2.05) is 38.1 Å². The van der Waals surface area contributed by atoms with Crippen molar-refractivity contribution in [2.45, 2.75) is 38.8 Å². The SMILES string of the molecule is COc1ccc(CN2C(=O)C[C@@]2(CC(C)C)C(=O)O)cc1. The molecule has 0 aliphatic carbocycles. The lowest BCUT2D eigenvalue weighted by molar-refractivity contribution is -0.179. The standard InChI is InChI=1S/C16H21NO4/c1-11(2)8-16(15(19)20)9-14(18)17(16)10-12-4-6-13(21-3)7-5-12/h4-7,11H,8-10H2,1-3H3,(H,19,20)/t16-/m0/s1. The number of hydrogen-bond donors (Lipinski definition) is 1. The number of carbonyl (C=O) groups excluding carboxylic acids is 1. The molecule has 1 saturated heterocycles. The van der Waals surface area contributed by atoms with Crippen LogP contribution >= 0.6 is 0 Å². The molecule has 1 fully saturated rings. The molecule has 0 bridgehead atoms. The van der Waals surface area contributed by atoms with Crippen molar-refractivity contribution in [1.29, 1.82) is 0 Å². The molecule has 0 radical (unpaired) electrons. The molecule has 1 amide bonds. The summed E-state index contributed by atoms with van der Waals surface area (Å²) >= 11 is 0. The van der Waals surface area contributed by atoms with Gasteiger partial charge < -0.3 is 14.7 Å². The van der Waals surface area contributed by atoms with Crippen LogP contribution < -0.4 is 4.74 Å². The van der Waals surface area contributed by atoms with Gasteiger partial charge in [-0.15, -0.1) is 0 Å². The molecule has 0 spiro atoms. The monoisotopic (exact) mass is 291 g/mol. The number of nitrogens with zero attached hydrogens (tertiary/aromatic N) is 1. The molecule has 1 aromatic rings. The Kier molecular flexibility index (Phi) is 4.21. The number of likely N-dealkylation sites (tertiary alicyclic amines) is 1. The highest BCUT2D eigenvalue weighted by Crippen LogP contribution is 2.39. The maximum atomic E-state index is 11.9. The lowest BCUT2D eigenvalue weighted by Crippen LogP contribution is -2.67. The third-order valence-electron chi connectivity index (χ3n) is 3.91. The van der Waals surface area contributed by atoms with Gasteiger partial charge in [-0.3, -0.25) is 4.79 Å². The van der Waals surface area contributed by atoms with Crippen molar-refractivity contribution in [3.63, 3.8) is 0 Å². The van der Waals surface area contributed by atoms with Crippen LogP contribution in [0.15, 0.2) is 24.3 Å². The number of methoxy groups -OCH3 is 1. The van der Waals surface area contributed by atoms with E-state index in [4.69, 9.17) is 4.74 Å². The zero-order valence-corrected chi connectivity index (χ0v) is 12.6. The summed E-state index contributed by atoms with van der Waals surface area (Å²) in [6.45, 7) is 4.26. The van der Waals surface area contributed by atoms with Gasteiger partial charge in [0.1, 0.15) is 11.3 Å². The molecule has 1 aromatic carbocycles. The molecule has 1 atom stereocenters. The van der Waals surface area contributed by atoms with Crippen LogP contribution in [0.2, 0.25) is 0 Å². The second-order valence-corrected chi connectivity index (χ2v) is 5.94. The van der Waals surface area contributed by atoms with Crippen LogP contribution in [-0.4, -0.2) is 34.5 Å². The Morgan fingerprint density at radius 2 is 2.00 bits per heavy atom. The van der Waals surface area contributed by atoms with Gasteiger partial charge in [0, 0.05) is 6.54 Å². The van der Waals surface area contributed by atoms with E-state index >= 15 is 0 Å². The Morgan fingerprint density at radius 1 is 1.38 bits per heavy atom. The van der Waals surface area contributed by atoms with Crippen molar-refractivity contribution in [2.24, 2.45) is 5.92 Å². The number of aliphatic carboxylic acids is 1. The number of ether oxygens (including phenoxy) is 1. The molecule has 5 heteroatoms. The smallest absolute Gasteiger partial charge is 0.330 e. The van der Waals surface area contributed by atoms with E-state index in [2.05, 4.69) is 0 Å². The minimum Gasteiger partial charge on any atom is -0.497 e. The lowest BCUT2D eigenvalue weighted by atomic mass is 9.77. The molecule has 1 aliphatic rings. The van der Waals surface area contributed by atoms with Gasteiger partial charge in [0.25, 0.3) is 0 Å². The van der Waals surface area contributed by atoms with Gasteiger partial charge in [-0.05, 0) is 30.0 Å². The van der Waals surface area contributed by atoms with E-state index in [0.29, 0.717) is 13.0 Å². The molecule has 5 nitrogen and oxygen atoms in total. The maximum absolute atomic E-state index is 11.9. The molecule has 0 unspecified atom stereocenters. The van der Waals surface area contributed by atoms with E-state index in [1.165, 1.54) is 4.90 Å². The van der Waals surface area contributed by atoms with Crippen molar-refractivity contribution in [3.05, 3.63) is 29.8 Å². The highest BCUT2D eigenvalue weighted by Gasteiger charge is 2.56. The van der Waals surface area contributed by atoms with Crippen molar-refractivity contribution in [2.75, 3.05) is 7.11 Å². The highest BCUT2D eigenvalue weighted by atomic mass is 16.5. The second kappa shape index (κ2) is 5.76. The van der Waals surface area contributed by atoms with Crippen LogP contribution in [-0.2, 0) is 16.1 Å². The number of rotatable bonds is 6. The number of benzene rings is 1. The molecular formula is C16H21NO4. The topological polar surface area (TPSA) is 66.8 Å². The number of carboxylic acid groups (broad SMARTS) is 1. The minimum absolute atomic E-state index is 0.0939. The summed E-state index contributed by atoms with van der Waals surface area (Å²) in [5.41, 5.74) is -0.149. The van der Waals surface area contributed by atoms with Crippen molar-refractivity contribution in [1.82, 2.24) is 4.90 Å². The maximum Gasteiger partial charge on any atom is 0.330 e. The molecule has 2 rings (SSSR count). The average molecular weight is 291 g/mol. The highest BCUT2D eigenvalue weighted by molar-refractivity contribution is 5.98. The number of carbonyl (C=O) groups is 2.